The van der Waals surface area contributed by atoms with Crippen LogP contribution < -0.4 is 15.6 Å². The van der Waals surface area contributed by atoms with Crippen LogP contribution in [-0.4, -0.2) is 61.1 Å². The number of hydrogen-bond acceptors (Lipinski definition) is 7. The first kappa shape index (κ1) is 22.3. The Labute approximate surface area is 184 Å². The SMILES string of the molecule is CCCOC(=O)Oc1c[nH]c2c(=O)[nH]c3ccc(S(=O)(=O)N(CC)C4CCNC4)cc3c12. The van der Waals surface area contributed by atoms with Crippen LogP contribution in [0.3, 0.4) is 0 Å². The highest BCUT2D eigenvalue weighted by molar-refractivity contribution is 7.89. The van der Waals surface area contributed by atoms with Gasteiger partial charge >= 0.3 is 6.16 Å². The predicted octanol–water partition coefficient (Wildman–Crippen LogP) is 2.31. The van der Waals surface area contributed by atoms with Gasteiger partial charge in [-0.05, 0) is 37.6 Å². The summed E-state index contributed by atoms with van der Waals surface area (Å²) in [6.07, 6.45) is 1.87. The summed E-state index contributed by atoms with van der Waals surface area (Å²) in [5, 5.41) is 3.96. The fourth-order valence-electron chi connectivity index (χ4n) is 4.07. The summed E-state index contributed by atoms with van der Waals surface area (Å²) < 4.78 is 38.6. The van der Waals surface area contributed by atoms with E-state index < -0.39 is 21.7 Å². The molecule has 1 aliphatic heterocycles. The van der Waals surface area contributed by atoms with Crippen molar-refractivity contribution in [3.05, 3.63) is 34.7 Å². The number of benzene rings is 1. The summed E-state index contributed by atoms with van der Waals surface area (Å²) in [6, 6.07) is 4.42. The second-order valence-electron chi connectivity index (χ2n) is 7.62. The fourth-order valence-corrected chi connectivity index (χ4v) is 5.76. The van der Waals surface area contributed by atoms with Gasteiger partial charge in [-0.1, -0.05) is 13.8 Å². The maximum Gasteiger partial charge on any atom is 0.513 e. The number of nitrogens with zero attached hydrogens (tertiary/aromatic N) is 1. The summed E-state index contributed by atoms with van der Waals surface area (Å²) in [4.78, 5) is 30.1. The Morgan fingerprint density at radius 1 is 1.28 bits per heavy atom. The van der Waals surface area contributed by atoms with Crippen molar-refractivity contribution in [1.29, 1.82) is 0 Å². The lowest BCUT2D eigenvalue weighted by Crippen LogP contribution is -2.41. The topological polar surface area (TPSA) is 134 Å². The summed E-state index contributed by atoms with van der Waals surface area (Å²) in [7, 11) is -3.78. The average molecular weight is 463 g/mol. The molecule has 2 aromatic heterocycles. The maximum absolute atomic E-state index is 13.4. The minimum atomic E-state index is -3.78. The molecule has 3 heterocycles. The van der Waals surface area contributed by atoms with Crippen LogP contribution in [0.4, 0.5) is 4.79 Å². The van der Waals surface area contributed by atoms with E-state index >= 15 is 0 Å². The molecule has 32 heavy (non-hydrogen) atoms. The van der Waals surface area contributed by atoms with Crippen LogP contribution in [0.1, 0.15) is 26.7 Å². The van der Waals surface area contributed by atoms with Crippen LogP contribution in [0, 0.1) is 0 Å². The van der Waals surface area contributed by atoms with E-state index in [-0.39, 0.29) is 28.8 Å². The molecule has 0 aliphatic carbocycles. The molecule has 1 atom stereocenters. The van der Waals surface area contributed by atoms with Gasteiger partial charge in [0.1, 0.15) is 5.52 Å². The van der Waals surface area contributed by atoms with Crippen molar-refractivity contribution >= 4 is 38.0 Å². The number of pyridine rings is 1. The van der Waals surface area contributed by atoms with Crippen molar-refractivity contribution in [3.8, 4) is 5.75 Å². The number of aromatic amines is 2. The zero-order valence-corrected chi connectivity index (χ0v) is 18.8. The fraction of sp³-hybridized carbons (Fsp3) is 0.429. The number of aromatic nitrogens is 2. The predicted molar refractivity (Wildman–Crippen MR) is 120 cm³/mol. The summed E-state index contributed by atoms with van der Waals surface area (Å²) >= 11 is 0. The molecule has 0 spiro atoms. The van der Waals surface area contributed by atoms with E-state index in [2.05, 4.69) is 15.3 Å². The first-order valence-electron chi connectivity index (χ1n) is 10.6. The highest BCUT2D eigenvalue weighted by Gasteiger charge is 2.32. The van der Waals surface area contributed by atoms with Gasteiger partial charge < -0.3 is 24.8 Å². The van der Waals surface area contributed by atoms with Gasteiger partial charge in [-0.25, -0.2) is 13.2 Å². The van der Waals surface area contributed by atoms with E-state index in [4.69, 9.17) is 9.47 Å². The second-order valence-corrected chi connectivity index (χ2v) is 9.51. The van der Waals surface area contributed by atoms with Crippen LogP contribution >= 0.6 is 0 Å². The van der Waals surface area contributed by atoms with Crippen molar-refractivity contribution in [2.75, 3.05) is 26.2 Å². The third-order valence-corrected chi connectivity index (χ3v) is 7.58. The van der Waals surface area contributed by atoms with Gasteiger partial charge in [-0.2, -0.15) is 4.31 Å². The molecule has 1 fully saturated rings. The number of likely N-dealkylation sites (N-methyl/N-ethyl adjacent to an activating group) is 1. The van der Waals surface area contributed by atoms with E-state index in [1.807, 2.05) is 13.8 Å². The quantitative estimate of drug-likeness (QED) is 0.459. The van der Waals surface area contributed by atoms with Crippen molar-refractivity contribution in [2.45, 2.75) is 37.6 Å². The normalized spacial score (nSPS) is 16.8. The number of carbonyl (C=O) groups is 1. The second kappa shape index (κ2) is 8.93. The van der Waals surface area contributed by atoms with Gasteiger partial charge in [0.05, 0.1) is 16.9 Å². The van der Waals surface area contributed by atoms with E-state index in [0.29, 0.717) is 35.8 Å². The van der Waals surface area contributed by atoms with Crippen LogP contribution in [0.2, 0.25) is 0 Å². The number of carbonyl (C=O) groups excluding carboxylic acids is 1. The van der Waals surface area contributed by atoms with Gasteiger partial charge in [0.15, 0.2) is 5.75 Å². The third-order valence-electron chi connectivity index (χ3n) is 5.56. The molecule has 10 nitrogen and oxygen atoms in total. The molecule has 172 valence electrons. The lowest BCUT2D eigenvalue weighted by molar-refractivity contribution is 0.0997. The number of hydrogen-bond donors (Lipinski definition) is 3. The minimum Gasteiger partial charge on any atom is -0.434 e. The first-order valence-corrected chi connectivity index (χ1v) is 12.0. The number of fused-ring (bicyclic) bond motifs is 3. The molecule has 4 rings (SSSR count). The Morgan fingerprint density at radius 2 is 2.09 bits per heavy atom. The van der Waals surface area contributed by atoms with Gasteiger partial charge in [0.25, 0.3) is 5.56 Å². The number of ether oxygens (including phenoxy) is 2. The molecule has 0 radical (unpaired) electrons. The molecule has 1 aliphatic rings. The standard InChI is InChI=1S/C21H26N4O6S/c1-3-9-30-21(27)31-17-12-23-19-18(17)15-10-14(5-6-16(15)24-20(19)26)32(28,29)25(4-2)13-7-8-22-11-13/h5-6,10,12-13,22-23H,3-4,7-9,11H2,1-2H3,(H,24,26). The zero-order valence-electron chi connectivity index (χ0n) is 17.9. The Kier molecular flexibility index (Phi) is 6.22. The van der Waals surface area contributed by atoms with E-state index in [9.17, 15) is 18.0 Å². The van der Waals surface area contributed by atoms with Crippen molar-refractivity contribution < 1.29 is 22.7 Å². The molecule has 1 saturated heterocycles. The third kappa shape index (κ3) is 3.98. The molecular weight excluding hydrogens is 436 g/mol. The van der Waals surface area contributed by atoms with Gasteiger partial charge in [-0.15, -0.1) is 0 Å². The molecule has 11 heteroatoms. The maximum atomic E-state index is 13.4. The molecule has 1 unspecified atom stereocenters. The van der Waals surface area contributed by atoms with Crippen molar-refractivity contribution in [3.63, 3.8) is 0 Å². The number of sulfonamides is 1. The average Bonchev–Trinajstić information content (AvgIpc) is 3.43. The lowest BCUT2D eigenvalue weighted by atomic mass is 10.1. The summed E-state index contributed by atoms with van der Waals surface area (Å²) in [5.41, 5.74) is 0.197. The molecule has 0 amide bonds. The van der Waals surface area contributed by atoms with E-state index in [1.54, 1.807) is 6.07 Å². The monoisotopic (exact) mass is 462 g/mol. The zero-order chi connectivity index (χ0) is 22.9. The molecule has 0 saturated carbocycles. The molecule has 0 bridgehead atoms. The van der Waals surface area contributed by atoms with Crippen LogP contribution in [0.5, 0.6) is 5.75 Å². The highest BCUT2D eigenvalue weighted by Crippen LogP contribution is 2.33. The number of H-pyrrole nitrogens is 2. The van der Waals surface area contributed by atoms with Crippen LogP contribution in [0.15, 0.2) is 34.1 Å². The van der Waals surface area contributed by atoms with Gasteiger partial charge in [0, 0.05) is 36.2 Å². The smallest absolute Gasteiger partial charge is 0.434 e. The molecule has 1 aromatic carbocycles. The Morgan fingerprint density at radius 3 is 2.78 bits per heavy atom. The lowest BCUT2D eigenvalue weighted by Gasteiger charge is -2.26. The van der Waals surface area contributed by atoms with Crippen molar-refractivity contribution in [1.82, 2.24) is 19.6 Å². The highest BCUT2D eigenvalue weighted by atomic mass is 32.2. The van der Waals surface area contributed by atoms with E-state index in [1.165, 1.54) is 22.6 Å². The van der Waals surface area contributed by atoms with E-state index in [0.717, 1.165) is 13.0 Å². The number of rotatable bonds is 7. The largest absolute Gasteiger partial charge is 0.513 e. The van der Waals surface area contributed by atoms with Gasteiger partial charge in [0.2, 0.25) is 10.0 Å². The van der Waals surface area contributed by atoms with Crippen molar-refractivity contribution in [2.24, 2.45) is 0 Å². The summed E-state index contributed by atoms with van der Waals surface area (Å²) in [6.45, 7) is 5.59. The minimum absolute atomic E-state index is 0.0964. The molecule has 3 N–H and O–H groups in total. The number of nitrogens with one attached hydrogen (secondary N) is 3. The molecular formula is C21H26N4O6S. The van der Waals surface area contributed by atoms with Crippen LogP contribution in [0.25, 0.3) is 21.8 Å². The first-order chi connectivity index (χ1) is 15.4. The van der Waals surface area contributed by atoms with Crippen LogP contribution in [-0.2, 0) is 14.8 Å². The molecule has 3 aromatic rings. The Bertz CT molecular complexity index is 1310. The summed E-state index contributed by atoms with van der Waals surface area (Å²) in [5.74, 6) is 0.0964. The Hall–Kier alpha value is -2.89. The van der Waals surface area contributed by atoms with Gasteiger partial charge in [-0.3, -0.25) is 4.79 Å². The Balaban J connectivity index is 1.82.